The van der Waals surface area contributed by atoms with Crippen molar-refractivity contribution in [2.45, 2.75) is 32.4 Å². The molecule has 10 nitrogen and oxygen atoms in total. The van der Waals surface area contributed by atoms with Gasteiger partial charge in [-0.2, -0.15) is 0 Å². The number of amides is 3. The summed E-state index contributed by atoms with van der Waals surface area (Å²) in [5.41, 5.74) is 1.76. The number of Topliss-reactive ketones (excluding diaryl/α,β-unsaturated/α-hetero) is 1. The minimum Gasteiger partial charge on any atom is -0.378 e. The third-order valence-corrected chi connectivity index (χ3v) is 7.81. The predicted octanol–water partition coefficient (Wildman–Crippen LogP) is 3.28. The zero-order valence-corrected chi connectivity index (χ0v) is 23.2. The van der Waals surface area contributed by atoms with Gasteiger partial charge in [-0.25, -0.2) is 0 Å². The van der Waals surface area contributed by atoms with Crippen LogP contribution in [0.5, 0.6) is 0 Å². The monoisotopic (exact) mass is 555 g/mol. The molecule has 5 rings (SSSR count). The molecular weight excluding hydrogens is 522 g/mol. The Hall–Kier alpha value is -4.57. The van der Waals surface area contributed by atoms with E-state index in [9.17, 15) is 19.2 Å². The number of aromatic nitrogens is 1. The molecule has 2 aliphatic rings. The molecule has 1 N–H and O–H groups in total. The number of hydrogen-bond donors (Lipinski definition) is 1. The highest BCUT2D eigenvalue weighted by Crippen LogP contribution is 2.30. The van der Waals surface area contributed by atoms with Crippen molar-refractivity contribution in [3.63, 3.8) is 0 Å². The van der Waals surface area contributed by atoms with Crippen LogP contribution in [0.2, 0.25) is 0 Å². The van der Waals surface area contributed by atoms with Gasteiger partial charge in [-0.05, 0) is 61.4 Å². The number of carbonyl (C=O) groups is 4. The fourth-order valence-corrected chi connectivity index (χ4v) is 5.15. The molecule has 41 heavy (non-hydrogen) atoms. The van der Waals surface area contributed by atoms with Crippen LogP contribution in [0, 0.1) is 0 Å². The Labute approximate surface area is 238 Å². The number of benzene rings is 2. The number of morpholine rings is 1. The lowest BCUT2D eigenvalue weighted by Crippen LogP contribution is -2.58. The Kier molecular flexibility index (Phi) is 8.11. The van der Waals surface area contributed by atoms with E-state index in [1.165, 1.54) is 9.80 Å². The van der Waals surface area contributed by atoms with E-state index >= 15 is 0 Å². The largest absolute Gasteiger partial charge is 0.378 e. The van der Waals surface area contributed by atoms with Gasteiger partial charge in [0.2, 0.25) is 11.8 Å². The Morgan fingerprint density at radius 1 is 1.02 bits per heavy atom. The smallest absolute Gasteiger partial charge is 0.299 e. The molecule has 0 saturated carbocycles. The van der Waals surface area contributed by atoms with Crippen LogP contribution in [0.15, 0.2) is 73.1 Å². The van der Waals surface area contributed by atoms with Crippen LogP contribution < -0.4 is 15.1 Å². The number of pyridine rings is 1. The summed E-state index contributed by atoms with van der Waals surface area (Å²) in [5.74, 6) is -2.23. The molecule has 212 valence electrons. The normalized spacial score (nSPS) is 16.2. The van der Waals surface area contributed by atoms with Gasteiger partial charge < -0.3 is 19.9 Å². The van der Waals surface area contributed by atoms with Crippen molar-refractivity contribution in [1.29, 1.82) is 0 Å². The molecule has 3 heterocycles. The number of anilines is 3. The summed E-state index contributed by atoms with van der Waals surface area (Å²) >= 11 is 0. The van der Waals surface area contributed by atoms with Crippen molar-refractivity contribution in [3.05, 3.63) is 84.2 Å². The van der Waals surface area contributed by atoms with E-state index in [4.69, 9.17) is 4.74 Å². The van der Waals surface area contributed by atoms with E-state index in [1.54, 1.807) is 49.6 Å². The van der Waals surface area contributed by atoms with Crippen LogP contribution in [0.25, 0.3) is 0 Å². The summed E-state index contributed by atoms with van der Waals surface area (Å²) in [4.78, 5) is 62.2. The summed E-state index contributed by atoms with van der Waals surface area (Å²) in [6.45, 7) is 6.24. The van der Waals surface area contributed by atoms with E-state index in [0.717, 1.165) is 24.3 Å². The number of para-hydroxylation sites is 1. The lowest BCUT2D eigenvalue weighted by molar-refractivity contribution is -0.145. The summed E-state index contributed by atoms with van der Waals surface area (Å²) in [5, 5.41) is 2.98. The maximum Gasteiger partial charge on any atom is 0.299 e. The molecule has 3 aromatic rings. The fraction of sp³-hybridized carbons (Fsp3) is 0.323. The van der Waals surface area contributed by atoms with E-state index in [1.807, 2.05) is 37.3 Å². The first-order chi connectivity index (χ1) is 19.8. The number of rotatable bonds is 9. The molecule has 0 unspecified atom stereocenters. The van der Waals surface area contributed by atoms with Crippen LogP contribution in [-0.4, -0.2) is 71.8 Å². The quantitative estimate of drug-likeness (QED) is 0.403. The molecule has 2 aromatic carbocycles. The summed E-state index contributed by atoms with van der Waals surface area (Å²) in [6, 6.07) is 17.8. The zero-order chi connectivity index (χ0) is 29.0. The van der Waals surface area contributed by atoms with Gasteiger partial charge in [-0.3, -0.25) is 29.1 Å². The van der Waals surface area contributed by atoms with Gasteiger partial charge in [0.25, 0.3) is 11.7 Å². The van der Waals surface area contributed by atoms with Crippen LogP contribution in [0.4, 0.5) is 17.1 Å². The maximum absolute atomic E-state index is 14.0. The number of carbonyl (C=O) groups excluding carboxylic acids is 4. The van der Waals surface area contributed by atoms with Gasteiger partial charge in [0.05, 0.1) is 24.5 Å². The van der Waals surface area contributed by atoms with Crippen molar-refractivity contribution in [3.8, 4) is 0 Å². The fourth-order valence-electron chi connectivity index (χ4n) is 5.15. The van der Waals surface area contributed by atoms with Gasteiger partial charge in [0.1, 0.15) is 12.1 Å². The number of hydrogen-bond acceptors (Lipinski definition) is 7. The third-order valence-electron chi connectivity index (χ3n) is 7.81. The second-order valence-corrected chi connectivity index (χ2v) is 10.3. The molecular formula is C31H33N5O5. The minimum atomic E-state index is -1.28. The molecule has 0 radical (unpaired) electrons. The van der Waals surface area contributed by atoms with Crippen LogP contribution in [0.3, 0.4) is 0 Å². The number of nitrogens with zero attached hydrogens (tertiary/aromatic N) is 4. The maximum atomic E-state index is 14.0. The number of fused-ring (bicyclic) bond motifs is 1. The first-order valence-corrected chi connectivity index (χ1v) is 13.7. The molecule has 1 saturated heterocycles. The SMILES string of the molecule is CC[C@](C)(C(=O)Nc1ccc(N2CCOCC2)cc1)N(Cc1cccnc1)C(=O)CN1C(=O)C(=O)c2ccccc21. The Balaban J connectivity index is 1.39. The average Bonchev–Trinajstić information content (AvgIpc) is 3.25. The number of nitrogens with one attached hydrogen (secondary N) is 1. The molecule has 1 fully saturated rings. The van der Waals surface area contributed by atoms with Crippen molar-refractivity contribution >= 4 is 40.6 Å². The molecule has 1 atom stereocenters. The third kappa shape index (κ3) is 5.69. The topological polar surface area (TPSA) is 112 Å². The molecule has 10 heteroatoms. The van der Waals surface area contributed by atoms with Crippen LogP contribution in [-0.2, 0) is 25.7 Å². The Morgan fingerprint density at radius 2 is 1.76 bits per heavy atom. The van der Waals surface area contributed by atoms with Gasteiger partial charge in [0.15, 0.2) is 0 Å². The van der Waals surface area contributed by atoms with Gasteiger partial charge >= 0.3 is 0 Å². The van der Waals surface area contributed by atoms with Gasteiger partial charge in [-0.1, -0.05) is 25.1 Å². The highest BCUT2D eigenvalue weighted by Gasteiger charge is 2.43. The Bertz CT molecular complexity index is 1440. The van der Waals surface area contributed by atoms with E-state index in [-0.39, 0.29) is 24.6 Å². The summed E-state index contributed by atoms with van der Waals surface area (Å²) in [7, 11) is 0. The lowest BCUT2D eigenvalue weighted by Gasteiger charge is -2.40. The first kappa shape index (κ1) is 28.0. The minimum absolute atomic E-state index is 0.0953. The number of ketones is 1. The highest BCUT2D eigenvalue weighted by molar-refractivity contribution is 6.52. The lowest BCUT2D eigenvalue weighted by atomic mass is 9.93. The van der Waals surface area contributed by atoms with E-state index in [2.05, 4.69) is 15.2 Å². The summed E-state index contributed by atoms with van der Waals surface area (Å²) in [6.07, 6.45) is 3.58. The average molecular weight is 556 g/mol. The standard InChI is InChI=1S/C31H33N5O5/c1-3-31(2,30(40)33-23-10-12-24(13-11-23)34-15-17-41-18-16-34)36(20-22-7-6-14-32-19-22)27(37)21-35-26-9-5-4-8-25(26)28(38)29(35)39/h4-14,19H,3,15-18,20-21H2,1-2H3,(H,33,40)/t31-/m1/s1. The van der Waals surface area contributed by atoms with Crippen molar-refractivity contribution in [2.24, 2.45) is 0 Å². The van der Waals surface area contributed by atoms with Crippen LogP contribution in [0.1, 0.15) is 36.2 Å². The molecule has 2 aliphatic heterocycles. The Morgan fingerprint density at radius 3 is 2.44 bits per heavy atom. The predicted molar refractivity (Wildman–Crippen MR) is 155 cm³/mol. The van der Waals surface area contributed by atoms with Crippen LogP contribution >= 0.6 is 0 Å². The molecule has 1 aromatic heterocycles. The summed E-state index contributed by atoms with van der Waals surface area (Å²) < 4.78 is 5.43. The molecule has 0 spiro atoms. The van der Waals surface area contributed by atoms with E-state index < -0.39 is 23.1 Å². The van der Waals surface area contributed by atoms with Crippen molar-refractivity contribution < 1.29 is 23.9 Å². The molecule has 0 aliphatic carbocycles. The number of ether oxygens (including phenoxy) is 1. The van der Waals surface area contributed by atoms with E-state index in [0.29, 0.717) is 31.0 Å². The zero-order valence-electron chi connectivity index (χ0n) is 23.2. The second-order valence-electron chi connectivity index (χ2n) is 10.3. The first-order valence-electron chi connectivity index (χ1n) is 13.7. The van der Waals surface area contributed by atoms with Crippen molar-refractivity contribution in [1.82, 2.24) is 9.88 Å². The van der Waals surface area contributed by atoms with Crippen molar-refractivity contribution in [2.75, 3.05) is 48.0 Å². The molecule has 3 amide bonds. The molecule has 0 bridgehead atoms. The van der Waals surface area contributed by atoms with Gasteiger partial charge in [0, 0.05) is 43.4 Å². The highest BCUT2D eigenvalue weighted by atomic mass is 16.5. The second kappa shape index (κ2) is 11.9. The van der Waals surface area contributed by atoms with Gasteiger partial charge in [-0.15, -0.1) is 0 Å².